The smallest absolute Gasteiger partial charge is 0.262 e. The summed E-state index contributed by atoms with van der Waals surface area (Å²) in [6.45, 7) is 6.41. The van der Waals surface area contributed by atoms with Crippen LogP contribution in [0.25, 0.3) is 0 Å². The largest absolute Gasteiger partial charge is 0.492 e. The predicted molar refractivity (Wildman–Crippen MR) is 133 cm³/mol. The molecule has 0 saturated carbocycles. The minimum absolute atomic E-state index is 0.172. The van der Waals surface area contributed by atoms with Crippen LogP contribution >= 0.6 is 39.1 Å². The van der Waals surface area contributed by atoms with E-state index >= 15 is 0 Å². The van der Waals surface area contributed by atoms with Gasteiger partial charge in [-0.25, -0.2) is 5.43 Å². The van der Waals surface area contributed by atoms with Gasteiger partial charge in [0.05, 0.1) is 27.9 Å². The fourth-order valence-electron chi connectivity index (χ4n) is 2.71. The summed E-state index contributed by atoms with van der Waals surface area (Å²) in [5.74, 6) is -0.322. The number of benzene rings is 2. The number of hydrazone groups is 1. The van der Waals surface area contributed by atoms with Crippen LogP contribution in [0.2, 0.25) is 10.0 Å². The third-order valence-corrected chi connectivity index (χ3v) is 5.68. The van der Waals surface area contributed by atoms with E-state index in [1.54, 1.807) is 6.07 Å². The standard InChI is InChI=1S/C23H26BrCl2N3O3/c1-4-5-10-32-20-9-6-15(11-18(20)24)13-27-29-23(31)21(14(2)3)28-22(30)17-8-7-16(25)12-19(17)26/h6-9,11-14,21H,4-5,10H2,1-3H3,(H,28,30)(H,29,31). The maximum absolute atomic E-state index is 12.6. The lowest BCUT2D eigenvalue weighted by molar-refractivity contribution is -0.123. The second-order valence-corrected chi connectivity index (χ2v) is 9.14. The molecule has 0 heterocycles. The van der Waals surface area contributed by atoms with E-state index in [1.165, 1.54) is 18.3 Å². The second-order valence-electron chi connectivity index (χ2n) is 7.45. The number of hydrogen-bond donors (Lipinski definition) is 2. The van der Waals surface area contributed by atoms with Crippen LogP contribution < -0.4 is 15.5 Å². The molecule has 0 aromatic heterocycles. The van der Waals surface area contributed by atoms with Crippen molar-refractivity contribution in [1.82, 2.24) is 10.7 Å². The monoisotopic (exact) mass is 541 g/mol. The molecule has 1 unspecified atom stereocenters. The van der Waals surface area contributed by atoms with Gasteiger partial charge in [-0.1, -0.05) is 50.4 Å². The molecule has 0 aliphatic carbocycles. The fourth-order valence-corrected chi connectivity index (χ4v) is 3.71. The molecule has 1 atom stereocenters. The number of carbonyl (C=O) groups is 2. The molecule has 9 heteroatoms. The second kappa shape index (κ2) is 12.8. The number of halogens is 3. The van der Waals surface area contributed by atoms with Crippen LogP contribution in [0.15, 0.2) is 46.0 Å². The summed E-state index contributed by atoms with van der Waals surface area (Å²) in [5.41, 5.74) is 3.50. The average Bonchev–Trinajstić information content (AvgIpc) is 2.73. The lowest BCUT2D eigenvalue weighted by atomic mass is 10.0. The maximum Gasteiger partial charge on any atom is 0.262 e. The molecule has 172 valence electrons. The molecule has 32 heavy (non-hydrogen) atoms. The van der Waals surface area contributed by atoms with Gasteiger partial charge in [0.15, 0.2) is 0 Å². The molecule has 0 saturated heterocycles. The highest BCUT2D eigenvalue weighted by atomic mass is 79.9. The molecule has 0 spiro atoms. The molecule has 2 N–H and O–H groups in total. The first-order valence-corrected chi connectivity index (χ1v) is 11.8. The van der Waals surface area contributed by atoms with Gasteiger partial charge in [0, 0.05) is 5.02 Å². The quantitative estimate of drug-likeness (QED) is 0.225. The number of unbranched alkanes of at least 4 members (excludes halogenated alkanes) is 1. The zero-order valence-corrected chi connectivity index (χ0v) is 21.2. The van der Waals surface area contributed by atoms with Crippen LogP contribution in [0.4, 0.5) is 0 Å². The van der Waals surface area contributed by atoms with E-state index in [9.17, 15) is 9.59 Å². The Morgan fingerprint density at radius 3 is 2.56 bits per heavy atom. The molecule has 0 fully saturated rings. The van der Waals surface area contributed by atoms with Gasteiger partial charge in [-0.2, -0.15) is 5.10 Å². The first-order chi connectivity index (χ1) is 15.2. The Kier molecular flexibility index (Phi) is 10.5. The lowest BCUT2D eigenvalue weighted by Crippen LogP contribution is -2.48. The summed E-state index contributed by atoms with van der Waals surface area (Å²) in [5, 5.41) is 7.36. The zero-order valence-electron chi connectivity index (χ0n) is 18.1. The molecular weight excluding hydrogens is 517 g/mol. The number of nitrogens with one attached hydrogen (secondary N) is 2. The molecule has 0 aliphatic heterocycles. The highest BCUT2D eigenvalue weighted by Crippen LogP contribution is 2.26. The number of ether oxygens (including phenoxy) is 1. The Balaban J connectivity index is 2.00. The molecule has 0 radical (unpaired) electrons. The van der Waals surface area contributed by atoms with Crippen LogP contribution in [-0.4, -0.2) is 30.7 Å². The SMILES string of the molecule is CCCCOc1ccc(C=NNC(=O)C(NC(=O)c2ccc(Cl)cc2Cl)C(C)C)cc1Br. The third-order valence-electron chi connectivity index (χ3n) is 4.51. The predicted octanol–water partition coefficient (Wildman–Crippen LogP) is 5.84. The van der Waals surface area contributed by atoms with Gasteiger partial charge in [-0.3, -0.25) is 9.59 Å². The molecule has 2 aromatic rings. The van der Waals surface area contributed by atoms with Crippen molar-refractivity contribution in [2.45, 2.75) is 39.7 Å². The van der Waals surface area contributed by atoms with E-state index in [2.05, 4.69) is 38.7 Å². The van der Waals surface area contributed by atoms with Crippen LogP contribution in [0.5, 0.6) is 5.75 Å². The summed E-state index contributed by atoms with van der Waals surface area (Å²) in [7, 11) is 0. The summed E-state index contributed by atoms with van der Waals surface area (Å²) in [4.78, 5) is 25.2. The number of carbonyl (C=O) groups excluding carboxylic acids is 2. The third kappa shape index (κ3) is 7.80. The topological polar surface area (TPSA) is 79.8 Å². The van der Waals surface area contributed by atoms with Gasteiger partial charge in [-0.15, -0.1) is 0 Å². The Hall–Kier alpha value is -2.09. The first-order valence-electron chi connectivity index (χ1n) is 10.2. The number of amides is 2. The minimum atomic E-state index is -0.799. The summed E-state index contributed by atoms with van der Waals surface area (Å²) in [6.07, 6.45) is 3.57. The van der Waals surface area contributed by atoms with Crippen molar-refractivity contribution < 1.29 is 14.3 Å². The van der Waals surface area contributed by atoms with E-state index in [0.717, 1.165) is 28.6 Å². The van der Waals surface area contributed by atoms with Crippen LogP contribution in [0.1, 0.15) is 49.5 Å². The van der Waals surface area contributed by atoms with Gasteiger partial charge in [0.1, 0.15) is 11.8 Å². The Morgan fingerprint density at radius 1 is 1.19 bits per heavy atom. The van der Waals surface area contributed by atoms with Gasteiger partial charge in [0.25, 0.3) is 11.8 Å². The number of rotatable bonds is 10. The summed E-state index contributed by atoms with van der Waals surface area (Å²) in [6, 6.07) is 9.29. The van der Waals surface area contributed by atoms with Crippen LogP contribution in [0, 0.1) is 5.92 Å². The molecule has 0 bridgehead atoms. The van der Waals surface area contributed by atoms with E-state index in [4.69, 9.17) is 27.9 Å². The zero-order chi connectivity index (χ0) is 23.7. The van der Waals surface area contributed by atoms with Crippen molar-refractivity contribution in [3.63, 3.8) is 0 Å². The highest BCUT2D eigenvalue weighted by Gasteiger charge is 2.25. The summed E-state index contributed by atoms with van der Waals surface area (Å²) >= 11 is 15.5. The van der Waals surface area contributed by atoms with Crippen molar-refractivity contribution in [3.05, 3.63) is 62.0 Å². The number of nitrogens with zero attached hydrogens (tertiary/aromatic N) is 1. The van der Waals surface area contributed by atoms with E-state index in [-0.39, 0.29) is 16.5 Å². The van der Waals surface area contributed by atoms with Crippen molar-refractivity contribution in [2.24, 2.45) is 11.0 Å². The molecule has 2 amide bonds. The maximum atomic E-state index is 12.6. The Labute approximate surface area is 206 Å². The summed E-state index contributed by atoms with van der Waals surface area (Å²) < 4.78 is 6.50. The molecule has 2 aromatic carbocycles. The van der Waals surface area contributed by atoms with Crippen molar-refractivity contribution >= 4 is 57.2 Å². The van der Waals surface area contributed by atoms with Crippen LogP contribution in [-0.2, 0) is 4.79 Å². The van der Waals surface area contributed by atoms with Gasteiger partial charge in [-0.05, 0) is 70.2 Å². The minimum Gasteiger partial charge on any atom is -0.492 e. The number of hydrogen-bond acceptors (Lipinski definition) is 4. The fraction of sp³-hybridized carbons (Fsp3) is 0.348. The van der Waals surface area contributed by atoms with E-state index < -0.39 is 17.9 Å². The van der Waals surface area contributed by atoms with E-state index in [1.807, 2.05) is 32.0 Å². The Morgan fingerprint density at radius 2 is 1.94 bits per heavy atom. The molecule has 2 rings (SSSR count). The van der Waals surface area contributed by atoms with Crippen molar-refractivity contribution in [1.29, 1.82) is 0 Å². The molecular formula is C23H26BrCl2N3O3. The molecule has 0 aliphatic rings. The Bertz CT molecular complexity index is 983. The normalized spacial score (nSPS) is 12.1. The van der Waals surface area contributed by atoms with E-state index in [0.29, 0.717) is 11.6 Å². The molecule has 6 nitrogen and oxygen atoms in total. The van der Waals surface area contributed by atoms with Crippen molar-refractivity contribution in [3.8, 4) is 5.75 Å². The van der Waals surface area contributed by atoms with Crippen LogP contribution in [0.3, 0.4) is 0 Å². The lowest BCUT2D eigenvalue weighted by Gasteiger charge is -2.20. The van der Waals surface area contributed by atoms with Gasteiger partial charge < -0.3 is 10.1 Å². The van der Waals surface area contributed by atoms with Crippen molar-refractivity contribution in [2.75, 3.05) is 6.61 Å². The average molecular weight is 543 g/mol. The first kappa shape index (κ1) is 26.2. The van der Waals surface area contributed by atoms with Gasteiger partial charge >= 0.3 is 0 Å². The highest BCUT2D eigenvalue weighted by molar-refractivity contribution is 9.10. The van der Waals surface area contributed by atoms with Gasteiger partial charge in [0.2, 0.25) is 0 Å².